The van der Waals surface area contributed by atoms with Crippen molar-refractivity contribution in [1.29, 1.82) is 0 Å². The molecule has 3 rings (SSSR count). The molecule has 28 heavy (non-hydrogen) atoms. The summed E-state index contributed by atoms with van der Waals surface area (Å²) in [6, 6.07) is 9.96. The summed E-state index contributed by atoms with van der Waals surface area (Å²) in [4.78, 5) is 4.57. The minimum atomic E-state index is 0.372. The van der Waals surface area contributed by atoms with Crippen LogP contribution < -0.4 is 24.7 Å². The number of benzene rings is 2. The SMILES string of the molecule is CCOc1ccc2c(Cc3cc(OC)c(OC)c(OC)c3)cnc(CN)c2c1. The number of rotatable bonds is 8. The van der Waals surface area contributed by atoms with Crippen molar-refractivity contribution < 1.29 is 18.9 Å². The Morgan fingerprint density at radius 1 is 0.929 bits per heavy atom. The highest BCUT2D eigenvalue weighted by Crippen LogP contribution is 2.39. The Hall–Kier alpha value is -2.99. The summed E-state index contributed by atoms with van der Waals surface area (Å²) in [6.45, 7) is 2.95. The van der Waals surface area contributed by atoms with Crippen LogP contribution in [0.25, 0.3) is 10.8 Å². The summed E-state index contributed by atoms with van der Waals surface area (Å²) in [7, 11) is 4.83. The molecule has 6 heteroatoms. The molecule has 0 fully saturated rings. The third-order valence-electron chi connectivity index (χ3n) is 4.65. The number of fused-ring (bicyclic) bond motifs is 1. The summed E-state index contributed by atoms with van der Waals surface area (Å²) in [5.41, 5.74) is 8.87. The third kappa shape index (κ3) is 3.82. The molecular formula is C22H26N2O4. The molecule has 1 aromatic heterocycles. The van der Waals surface area contributed by atoms with Gasteiger partial charge in [-0.3, -0.25) is 4.98 Å². The van der Waals surface area contributed by atoms with Crippen molar-refractivity contribution >= 4 is 10.8 Å². The van der Waals surface area contributed by atoms with Crippen molar-refractivity contribution in [2.75, 3.05) is 27.9 Å². The first-order valence-corrected chi connectivity index (χ1v) is 9.17. The molecule has 6 nitrogen and oxygen atoms in total. The van der Waals surface area contributed by atoms with Gasteiger partial charge in [0, 0.05) is 18.1 Å². The molecule has 148 valence electrons. The molecule has 0 radical (unpaired) electrons. The van der Waals surface area contributed by atoms with Gasteiger partial charge in [-0.2, -0.15) is 0 Å². The van der Waals surface area contributed by atoms with E-state index in [1.807, 2.05) is 37.4 Å². The molecule has 2 N–H and O–H groups in total. The lowest BCUT2D eigenvalue weighted by Gasteiger charge is -2.15. The van der Waals surface area contributed by atoms with Gasteiger partial charge in [-0.05, 0) is 54.1 Å². The van der Waals surface area contributed by atoms with Crippen molar-refractivity contribution in [3.8, 4) is 23.0 Å². The molecule has 0 atom stereocenters. The first kappa shape index (κ1) is 19.8. The highest BCUT2D eigenvalue weighted by atomic mass is 16.5. The van der Waals surface area contributed by atoms with Gasteiger partial charge < -0.3 is 24.7 Å². The lowest BCUT2D eigenvalue weighted by atomic mass is 9.98. The Balaban J connectivity index is 2.07. The summed E-state index contributed by atoms with van der Waals surface area (Å²) in [5.74, 6) is 2.66. The average Bonchev–Trinajstić information content (AvgIpc) is 2.73. The van der Waals surface area contributed by atoms with Crippen LogP contribution in [0.5, 0.6) is 23.0 Å². The average molecular weight is 382 g/mol. The summed E-state index contributed by atoms with van der Waals surface area (Å²) in [5, 5.41) is 2.12. The molecule has 0 aliphatic rings. The molecule has 2 aromatic carbocycles. The molecule has 0 spiro atoms. The summed E-state index contributed by atoms with van der Waals surface area (Å²) >= 11 is 0. The fourth-order valence-corrected chi connectivity index (χ4v) is 3.35. The van der Waals surface area contributed by atoms with E-state index in [1.165, 1.54) is 0 Å². The van der Waals surface area contributed by atoms with Crippen LogP contribution in [0.15, 0.2) is 36.5 Å². The van der Waals surface area contributed by atoms with E-state index in [-0.39, 0.29) is 0 Å². The predicted octanol–water partition coefficient (Wildman–Crippen LogP) is 3.71. The fourth-order valence-electron chi connectivity index (χ4n) is 3.35. The van der Waals surface area contributed by atoms with E-state index in [0.717, 1.165) is 33.3 Å². The van der Waals surface area contributed by atoms with Gasteiger partial charge in [-0.1, -0.05) is 6.07 Å². The number of methoxy groups -OCH3 is 3. The van der Waals surface area contributed by atoms with Crippen molar-refractivity contribution in [1.82, 2.24) is 4.98 Å². The van der Waals surface area contributed by atoms with E-state index in [9.17, 15) is 0 Å². The van der Waals surface area contributed by atoms with Crippen LogP contribution in [0, 0.1) is 0 Å². The highest BCUT2D eigenvalue weighted by Gasteiger charge is 2.15. The van der Waals surface area contributed by atoms with Gasteiger partial charge in [-0.25, -0.2) is 0 Å². The van der Waals surface area contributed by atoms with E-state index in [1.54, 1.807) is 21.3 Å². The number of hydrogen-bond acceptors (Lipinski definition) is 6. The topological polar surface area (TPSA) is 75.8 Å². The summed E-state index contributed by atoms with van der Waals surface area (Å²) < 4.78 is 22.0. The Kier molecular flexibility index (Phi) is 6.21. The minimum absolute atomic E-state index is 0.372. The largest absolute Gasteiger partial charge is 0.494 e. The molecular weight excluding hydrogens is 356 g/mol. The number of pyridine rings is 1. The molecule has 0 bridgehead atoms. The highest BCUT2D eigenvalue weighted by molar-refractivity contribution is 5.89. The van der Waals surface area contributed by atoms with Gasteiger partial charge in [0.1, 0.15) is 5.75 Å². The standard InChI is InChI=1S/C22H26N2O4/c1-5-28-16-6-7-17-15(13-24-19(12-23)18(17)11-16)8-14-9-20(25-2)22(27-4)21(10-14)26-3/h6-7,9-11,13H,5,8,12,23H2,1-4H3. The van der Waals surface area contributed by atoms with Crippen LogP contribution in [-0.2, 0) is 13.0 Å². The normalized spacial score (nSPS) is 10.8. The number of ether oxygens (including phenoxy) is 4. The second kappa shape index (κ2) is 8.80. The van der Waals surface area contributed by atoms with Gasteiger partial charge in [-0.15, -0.1) is 0 Å². The first-order valence-electron chi connectivity index (χ1n) is 9.17. The number of aromatic nitrogens is 1. The predicted molar refractivity (Wildman–Crippen MR) is 110 cm³/mol. The Morgan fingerprint density at radius 2 is 1.64 bits per heavy atom. The minimum Gasteiger partial charge on any atom is -0.494 e. The second-order valence-corrected chi connectivity index (χ2v) is 6.29. The zero-order chi connectivity index (χ0) is 20.1. The zero-order valence-electron chi connectivity index (χ0n) is 16.7. The molecule has 0 aliphatic carbocycles. The Bertz CT molecular complexity index is 947. The van der Waals surface area contributed by atoms with Gasteiger partial charge in [0.2, 0.25) is 5.75 Å². The fraction of sp³-hybridized carbons (Fsp3) is 0.318. The first-order chi connectivity index (χ1) is 13.6. The molecule has 3 aromatic rings. The van der Waals surface area contributed by atoms with Gasteiger partial charge in [0.15, 0.2) is 11.5 Å². The number of nitrogens with zero attached hydrogens (tertiary/aromatic N) is 1. The maximum Gasteiger partial charge on any atom is 0.203 e. The van der Waals surface area contributed by atoms with E-state index in [0.29, 0.717) is 36.8 Å². The molecule has 0 aliphatic heterocycles. The van der Waals surface area contributed by atoms with E-state index >= 15 is 0 Å². The molecule has 0 unspecified atom stereocenters. The van der Waals surface area contributed by atoms with Crippen LogP contribution in [0.2, 0.25) is 0 Å². The van der Waals surface area contributed by atoms with Crippen LogP contribution in [0.4, 0.5) is 0 Å². The lowest BCUT2D eigenvalue weighted by molar-refractivity contribution is 0.324. The van der Waals surface area contributed by atoms with E-state index < -0.39 is 0 Å². The van der Waals surface area contributed by atoms with Gasteiger partial charge in [0.25, 0.3) is 0 Å². The van der Waals surface area contributed by atoms with E-state index in [2.05, 4.69) is 11.1 Å². The maximum absolute atomic E-state index is 5.90. The zero-order valence-corrected chi connectivity index (χ0v) is 16.7. The summed E-state index contributed by atoms with van der Waals surface area (Å²) in [6.07, 6.45) is 2.55. The van der Waals surface area contributed by atoms with Crippen LogP contribution in [-0.4, -0.2) is 32.9 Å². The van der Waals surface area contributed by atoms with Crippen LogP contribution in [0.3, 0.4) is 0 Å². The quantitative estimate of drug-likeness (QED) is 0.640. The van der Waals surface area contributed by atoms with Crippen molar-refractivity contribution in [3.63, 3.8) is 0 Å². The lowest BCUT2D eigenvalue weighted by Crippen LogP contribution is -2.03. The van der Waals surface area contributed by atoms with Crippen molar-refractivity contribution in [3.05, 3.63) is 53.3 Å². The molecule has 1 heterocycles. The second-order valence-electron chi connectivity index (χ2n) is 6.29. The number of nitrogens with two attached hydrogens (primary N) is 1. The smallest absolute Gasteiger partial charge is 0.203 e. The van der Waals surface area contributed by atoms with Gasteiger partial charge >= 0.3 is 0 Å². The van der Waals surface area contributed by atoms with Gasteiger partial charge in [0.05, 0.1) is 33.6 Å². The van der Waals surface area contributed by atoms with Crippen molar-refractivity contribution in [2.45, 2.75) is 19.9 Å². The van der Waals surface area contributed by atoms with E-state index in [4.69, 9.17) is 24.7 Å². The molecule has 0 amide bonds. The third-order valence-corrected chi connectivity index (χ3v) is 4.65. The maximum atomic E-state index is 5.90. The molecule has 0 saturated carbocycles. The Labute approximate surface area is 165 Å². The Morgan fingerprint density at radius 3 is 2.21 bits per heavy atom. The van der Waals surface area contributed by atoms with Crippen LogP contribution in [0.1, 0.15) is 23.7 Å². The monoisotopic (exact) mass is 382 g/mol. The number of hydrogen-bond donors (Lipinski definition) is 1. The molecule has 0 saturated heterocycles. The van der Waals surface area contributed by atoms with Crippen molar-refractivity contribution in [2.24, 2.45) is 5.73 Å². The van der Waals surface area contributed by atoms with Crippen LogP contribution >= 0.6 is 0 Å².